The zero-order chi connectivity index (χ0) is 16.9. The molecule has 0 aromatic heterocycles. The highest BCUT2D eigenvalue weighted by atomic mass is 28.3. The van der Waals surface area contributed by atoms with Crippen LogP contribution in [0.4, 0.5) is 0 Å². The Morgan fingerprint density at radius 1 is 0.833 bits per heavy atom. The second-order valence-corrected chi connectivity index (χ2v) is 11.9. The second-order valence-electron chi connectivity index (χ2n) is 7.56. The molecule has 0 aliphatic heterocycles. The van der Waals surface area contributed by atoms with Gasteiger partial charge in [0.25, 0.3) is 0 Å². The van der Waals surface area contributed by atoms with Crippen LogP contribution >= 0.6 is 0 Å². The third-order valence-corrected chi connectivity index (χ3v) is 9.57. The van der Waals surface area contributed by atoms with E-state index in [4.69, 9.17) is 0 Å². The normalized spacial score (nSPS) is 18.1. The largest absolute Gasteiger partial charge is 0.110 e. The molecule has 1 aliphatic rings. The van der Waals surface area contributed by atoms with Crippen LogP contribution in [-0.2, 0) is 0 Å². The zero-order valence-electron chi connectivity index (χ0n) is 14.9. The molecule has 1 heteroatoms. The van der Waals surface area contributed by atoms with Crippen molar-refractivity contribution in [2.75, 3.05) is 0 Å². The molecule has 0 saturated heterocycles. The summed E-state index contributed by atoms with van der Waals surface area (Å²) in [6.07, 6.45) is 4.69. The maximum absolute atomic E-state index is 2.53. The number of rotatable bonds is 2. The summed E-state index contributed by atoms with van der Waals surface area (Å²) >= 11 is 0. The highest BCUT2D eigenvalue weighted by Gasteiger charge is 2.36. The fourth-order valence-electron chi connectivity index (χ4n) is 4.72. The molecule has 24 heavy (non-hydrogen) atoms. The number of hydrogen-bond acceptors (Lipinski definition) is 0. The molecule has 3 aromatic rings. The summed E-state index contributed by atoms with van der Waals surface area (Å²) in [5.41, 5.74) is 1.48. The lowest BCUT2D eigenvalue weighted by atomic mass is 10.0. The molecule has 0 amide bonds. The molecular weight excluding hydrogens is 304 g/mol. The van der Waals surface area contributed by atoms with Crippen LogP contribution < -0.4 is 5.19 Å². The Bertz CT molecular complexity index is 951. The Labute approximate surface area is 145 Å². The first kappa shape index (κ1) is 15.4. The van der Waals surface area contributed by atoms with E-state index in [0.717, 1.165) is 0 Å². The van der Waals surface area contributed by atoms with E-state index in [1.54, 1.807) is 10.4 Å². The molecule has 0 fully saturated rings. The average Bonchev–Trinajstić information content (AvgIpc) is 2.91. The maximum Gasteiger partial charge on any atom is 0.110 e. The number of benzene rings is 3. The highest BCUT2D eigenvalue weighted by molar-refractivity contribution is 6.99. The lowest BCUT2D eigenvalue weighted by Crippen LogP contribution is -2.46. The molecule has 1 atom stereocenters. The van der Waals surface area contributed by atoms with Gasteiger partial charge in [0.1, 0.15) is 8.07 Å². The van der Waals surface area contributed by atoms with E-state index < -0.39 is 8.07 Å². The van der Waals surface area contributed by atoms with Crippen molar-refractivity contribution in [3.63, 3.8) is 0 Å². The molecule has 4 rings (SSSR count). The Morgan fingerprint density at radius 3 is 1.88 bits per heavy atom. The Balaban J connectivity index is 2.13. The molecule has 0 bridgehead atoms. The summed E-state index contributed by atoms with van der Waals surface area (Å²) in [5, 5.41) is 8.89. The van der Waals surface area contributed by atoms with Crippen molar-refractivity contribution in [1.29, 1.82) is 0 Å². The van der Waals surface area contributed by atoms with Crippen LogP contribution in [0.25, 0.3) is 21.5 Å². The number of allylic oxidation sites excluding steroid dienone is 4. The first-order valence-corrected chi connectivity index (χ1v) is 11.8. The van der Waals surface area contributed by atoms with Gasteiger partial charge in [-0.1, -0.05) is 91.5 Å². The summed E-state index contributed by atoms with van der Waals surface area (Å²) in [6.45, 7) is 9.70. The first-order valence-electron chi connectivity index (χ1n) is 8.80. The Hall–Kier alpha value is -2.12. The van der Waals surface area contributed by atoms with E-state index in [1.165, 1.54) is 27.1 Å². The first-order chi connectivity index (χ1) is 11.5. The quantitative estimate of drug-likeness (QED) is 0.401. The van der Waals surface area contributed by atoms with Gasteiger partial charge in [-0.05, 0) is 45.6 Å². The van der Waals surface area contributed by atoms with Gasteiger partial charge in [-0.15, -0.1) is 0 Å². The van der Waals surface area contributed by atoms with Crippen molar-refractivity contribution in [3.05, 3.63) is 77.5 Å². The lowest BCUT2D eigenvalue weighted by molar-refractivity contribution is 0.921. The highest BCUT2D eigenvalue weighted by Crippen LogP contribution is 2.35. The topological polar surface area (TPSA) is 0 Å². The van der Waals surface area contributed by atoms with E-state index in [-0.39, 0.29) is 0 Å². The van der Waals surface area contributed by atoms with Crippen LogP contribution in [0.3, 0.4) is 0 Å². The third-order valence-electron chi connectivity index (χ3n) is 5.58. The minimum atomic E-state index is -1.78. The van der Waals surface area contributed by atoms with Gasteiger partial charge < -0.3 is 0 Å². The van der Waals surface area contributed by atoms with Gasteiger partial charge in [0.2, 0.25) is 0 Å². The van der Waals surface area contributed by atoms with Crippen molar-refractivity contribution in [2.45, 2.75) is 26.9 Å². The van der Waals surface area contributed by atoms with Crippen LogP contribution in [0.5, 0.6) is 0 Å². The van der Waals surface area contributed by atoms with E-state index in [0.29, 0.717) is 5.92 Å². The molecule has 0 nitrogen and oxygen atoms in total. The Morgan fingerprint density at radius 2 is 1.38 bits per heavy atom. The zero-order valence-corrected chi connectivity index (χ0v) is 15.9. The van der Waals surface area contributed by atoms with Gasteiger partial charge in [-0.25, -0.2) is 0 Å². The SMILES string of the molecule is CC1=C([Si](C)(C)c2c3ccccc3cc3ccccc23)C(C)C=C1. The smallest absolute Gasteiger partial charge is 0.0777 e. The van der Waals surface area contributed by atoms with Crippen LogP contribution in [0.1, 0.15) is 13.8 Å². The lowest BCUT2D eigenvalue weighted by Gasteiger charge is -2.32. The van der Waals surface area contributed by atoms with Crippen molar-refractivity contribution >= 4 is 34.8 Å². The standard InChI is InChI=1S/C23H24Si/c1-16-13-14-17(2)22(16)24(3,4)23-20-11-7-5-9-18(20)15-19-10-6-8-12-21(19)23/h5-16H,1-4H3. The van der Waals surface area contributed by atoms with Crippen LogP contribution in [0.2, 0.25) is 13.1 Å². The van der Waals surface area contributed by atoms with E-state index >= 15 is 0 Å². The molecule has 0 heterocycles. The molecule has 0 saturated carbocycles. The molecule has 0 radical (unpaired) electrons. The summed E-state index contributed by atoms with van der Waals surface area (Å²) in [4.78, 5) is 0. The van der Waals surface area contributed by atoms with Crippen molar-refractivity contribution < 1.29 is 0 Å². The number of hydrogen-bond donors (Lipinski definition) is 0. The Kier molecular flexibility index (Phi) is 3.50. The summed E-state index contributed by atoms with van der Waals surface area (Å²) in [6, 6.07) is 20.2. The molecule has 0 spiro atoms. The predicted octanol–water partition coefficient (Wildman–Crippen LogP) is 5.97. The van der Waals surface area contributed by atoms with Gasteiger partial charge in [-0.3, -0.25) is 0 Å². The minimum Gasteiger partial charge on any atom is -0.0777 e. The molecule has 0 N–H and O–H groups in total. The van der Waals surface area contributed by atoms with Crippen molar-refractivity contribution in [1.82, 2.24) is 0 Å². The van der Waals surface area contributed by atoms with Crippen LogP contribution in [0, 0.1) is 5.92 Å². The van der Waals surface area contributed by atoms with Gasteiger partial charge in [0, 0.05) is 0 Å². The van der Waals surface area contributed by atoms with Gasteiger partial charge in [0.05, 0.1) is 0 Å². The van der Waals surface area contributed by atoms with Crippen molar-refractivity contribution in [3.8, 4) is 0 Å². The molecular formula is C23H24Si. The monoisotopic (exact) mass is 328 g/mol. The third kappa shape index (κ3) is 2.19. The van der Waals surface area contributed by atoms with Crippen LogP contribution in [-0.4, -0.2) is 8.07 Å². The van der Waals surface area contributed by atoms with Crippen molar-refractivity contribution in [2.24, 2.45) is 5.92 Å². The fraction of sp³-hybridized carbons (Fsp3) is 0.217. The molecule has 120 valence electrons. The van der Waals surface area contributed by atoms with Gasteiger partial charge in [-0.2, -0.15) is 0 Å². The van der Waals surface area contributed by atoms with Gasteiger partial charge in [0.15, 0.2) is 0 Å². The predicted molar refractivity (Wildman–Crippen MR) is 110 cm³/mol. The van der Waals surface area contributed by atoms with E-state index in [1.807, 2.05) is 0 Å². The van der Waals surface area contributed by atoms with E-state index in [9.17, 15) is 0 Å². The molecule has 3 aromatic carbocycles. The average molecular weight is 329 g/mol. The number of fused-ring (bicyclic) bond motifs is 2. The molecule has 1 aliphatic carbocycles. The second kappa shape index (κ2) is 5.46. The minimum absolute atomic E-state index is 0.560. The molecule has 1 unspecified atom stereocenters. The van der Waals surface area contributed by atoms with Gasteiger partial charge >= 0.3 is 0 Å². The maximum atomic E-state index is 2.53. The van der Waals surface area contributed by atoms with E-state index in [2.05, 4.69) is 93.7 Å². The fourth-order valence-corrected chi connectivity index (χ4v) is 9.09. The summed E-state index contributed by atoms with van der Waals surface area (Å²) < 4.78 is 0. The van der Waals surface area contributed by atoms with Crippen LogP contribution in [0.15, 0.2) is 77.5 Å². The summed E-state index contributed by atoms with van der Waals surface area (Å²) in [5.74, 6) is 0.560. The summed E-state index contributed by atoms with van der Waals surface area (Å²) in [7, 11) is -1.78.